The van der Waals surface area contributed by atoms with Crippen molar-refractivity contribution in [3.63, 3.8) is 0 Å². The Balaban J connectivity index is 0. The van der Waals surface area contributed by atoms with Crippen molar-refractivity contribution in [1.82, 2.24) is 0 Å². The largest absolute Gasteiger partial charge is 0.469 e. The second-order valence-electron chi connectivity index (χ2n) is 5.23. The number of nitrogens with zero attached hydrogens (tertiary/aromatic N) is 2. The molecule has 0 fully saturated rings. The number of ether oxygens (including phenoxy) is 4. The smallest absolute Gasteiger partial charge is 0.309 e. The number of hydrogen-bond acceptors (Lipinski definition) is 10. The monoisotopic (exact) mass is 396 g/mol. The molecule has 0 bridgehead atoms. The van der Waals surface area contributed by atoms with Crippen LogP contribution in [0.2, 0.25) is 0 Å². The molecular formula is C18H24N2O8. The molecule has 10 heteroatoms. The maximum atomic E-state index is 10.9. The van der Waals surface area contributed by atoms with E-state index >= 15 is 0 Å². The van der Waals surface area contributed by atoms with Crippen molar-refractivity contribution in [2.75, 3.05) is 28.4 Å². The van der Waals surface area contributed by atoms with Crippen molar-refractivity contribution >= 4 is 23.9 Å². The van der Waals surface area contributed by atoms with Gasteiger partial charge in [-0.05, 0) is 11.5 Å². The molecule has 0 saturated carbocycles. The predicted octanol–water partition coefficient (Wildman–Crippen LogP) is 1.21. The number of hydrogen-bond donors (Lipinski definition) is 0. The molecule has 0 aromatic rings. The lowest BCUT2D eigenvalue weighted by atomic mass is 9.98. The number of carbonyl (C=O) groups excluding carboxylic acids is 4. The molecule has 0 amide bonds. The van der Waals surface area contributed by atoms with Gasteiger partial charge in [0.25, 0.3) is 0 Å². The van der Waals surface area contributed by atoms with Crippen LogP contribution in [0.15, 0.2) is 11.6 Å². The number of esters is 4. The molecule has 0 aliphatic heterocycles. The molecule has 0 unspecified atom stereocenters. The lowest BCUT2D eigenvalue weighted by molar-refractivity contribution is -0.145. The van der Waals surface area contributed by atoms with Crippen molar-refractivity contribution in [2.24, 2.45) is 5.92 Å². The van der Waals surface area contributed by atoms with Gasteiger partial charge in [-0.2, -0.15) is 10.5 Å². The third-order valence-electron chi connectivity index (χ3n) is 3.21. The van der Waals surface area contributed by atoms with E-state index in [-0.39, 0.29) is 38.0 Å². The van der Waals surface area contributed by atoms with Crippen LogP contribution in [0.25, 0.3) is 0 Å². The summed E-state index contributed by atoms with van der Waals surface area (Å²) < 4.78 is 17.7. The van der Waals surface area contributed by atoms with Crippen molar-refractivity contribution < 1.29 is 38.1 Å². The Hall–Kier alpha value is -3.40. The predicted molar refractivity (Wildman–Crippen MR) is 93.9 cm³/mol. The van der Waals surface area contributed by atoms with Crippen molar-refractivity contribution in [3.8, 4) is 12.1 Å². The van der Waals surface area contributed by atoms with E-state index in [0.717, 1.165) is 6.08 Å². The molecule has 0 heterocycles. The summed E-state index contributed by atoms with van der Waals surface area (Å²) in [5, 5.41) is 16.8. The van der Waals surface area contributed by atoms with E-state index < -0.39 is 23.9 Å². The van der Waals surface area contributed by atoms with Gasteiger partial charge in [0.1, 0.15) is 0 Å². The third-order valence-corrected chi connectivity index (χ3v) is 3.21. The fraction of sp³-hybridized carbons (Fsp3) is 0.556. The van der Waals surface area contributed by atoms with E-state index in [1.165, 1.54) is 28.4 Å². The second-order valence-corrected chi connectivity index (χ2v) is 5.23. The maximum Gasteiger partial charge on any atom is 0.309 e. The van der Waals surface area contributed by atoms with Crippen LogP contribution in [0.1, 0.15) is 32.1 Å². The van der Waals surface area contributed by atoms with Gasteiger partial charge in [-0.15, -0.1) is 0 Å². The molecule has 0 rings (SSSR count). The fourth-order valence-electron chi connectivity index (χ4n) is 1.75. The minimum absolute atomic E-state index is 0.0686. The van der Waals surface area contributed by atoms with Crippen molar-refractivity contribution in [2.45, 2.75) is 32.1 Å². The lowest BCUT2D eigenvalue weighted by Crippen LogP contribution is -2.14. The van der Waals surface area contributed by atoms with Crippen LogP contribution < -0.4 is 0 Å². The quantitative estimate of drug-likeness (QED) is 0.315. The first-order chi connectivity index (χ1) is 13.3. The molecule has 0 aromatic carbocycles. The second kappa shape index (κ2) is 17.0. The van der Waals surface area contributed by atoms with Gasteiger partial charge < -0.3 is 18.9 Å². The number of allylic oxidation sites excluding steroid dienone is 1. The topological polar surface area (TPSA) is 153 Å². The van der Waals surface area contributed by atoms with Crippen LogP contribution in [-0.4, -0.2) is 52.3 Å². The van der Waals surface area contributed by atoms with Crippen LogP contribution in [-0.2, 0) is 38.1 Å². The SMILES string of the molecule is COC(=O)CC(=CC#N)CC(=O)OC.COC(=O)CC(CC#N)CC(=O)OC. The van der Waals surface area contributed by atoms with E-state index in [1.807, 2.05) is 6.07 Å². The van der Waals surface area contributed by atoms with Crippen LogP contribution >= 0.6 is 0 Å². The van der Waals surface area contributed by atoms with Crippen LogP contribution in [0.4, 0.5) is 0 Å². The highest BCUT2D eigenvalue weighted by Crippen LogP contribution is 2.14. The zero-order chi connectivity index (χ0) is 21.9. The van der Waals surface area contributed by atoms with E-state index in [2.05, 4.69) is 18.9 Å². The summed E-state index contributed by atoms with van der Waals surface area (Å²) in [6.45, 7) is 0. The zero-order valence-corrected chi connectivity index (χ0v) is 16.4. The summed E-state index contributed by atoms with van der Waals surface area (Å²) in [6, 6.07) is 3.66. The highest BCUT2D eigenvalue weighted by atomic mass is 16.5. The Morgan fingerprint density at radius 3 is 1.46 bits per heavy atom. The molecule has 0 atom stereocenters. The van der Waals surface area contributed by atoms with E-state index in [4.69, 9.17) is 10.5 Å². The van der Waals surface area contributed by atoms with Gasteiger partial charge in [-0.3, -0.25) is 19.2 Å². The molecular weight excluding hydrogens is 372 g/mol. The van der Waals surface area contributed by atoms with E-state index in [0.29, 0.717) is 5.57 Å². The van der Waals surface area contributed by atoms with E-state index in [1.54, 1.807) is 6.07 Å². The molecule has 28 heavy (non-hydrogen) atoms. The first-order valence-electron chi connectivity index (χ1n) is 7.99. The van der Waals surface area contributed by atoms with Crippen LogP contribution in [0, 0.1) is 28.6 Å². The van der Waals surface area contributed by atoms with Gasteiger partial charge in [0.15, 0.2) is 0 Å². The van der Waals surface area contributed by atoms with Crippen LogP contribution in [0.5, 0.6) is 0 Å². The van der Waals surface area contributed by atoms with Crippen LogP contribution in [0.3, 0.4) is 0 Å². The first kappa shape index (κ1) is 26.8. The minimum atomic E-state index is -0.490. The van der Waals surface area contributed by atoms with Gasteiger partial charge >= 0.3 is 23.9 Å². The Morgan fingerprint density at radius 1 is 0.786 bits per heavy atom. The van der Waals surface area contributed by atoms with Gasteiger partial charge in [0.2, 0.25) is 0 Å². The average molecular weight is 396 g/mol. The molecule has 0 N–H and O–H groups in total. The lowest BCUT2D eigenvalue weighted by Gasteiger charge is -2.09. The molecule has 0 aliphatic rings. The first-order valence-corrected chi connectivity index (χ1v) is 7.99. The normalized spacial score (nSPS) is 8.82. The molecule has 0 spiro atoms. The Labute approximate surface area is 163 Å². The molecule has 154 valence electrons. The molecule has 0 saturated heterocycles. The molecule has 0 aromatic heterocycles. The Bertz CT molecular complexity index is 605. The van der Waals surface area contributed by atoms with Gasteiger partial charge in [0.05, 0.1) is 53.4 Å². The number of nitriles is 2. The fourth-order valence-corrected chi connectivity index (χ4v) is 1.75. The zero-order valence-electron chi connectivity index (χ0n) is 16.4. The average Bonchev–Trinajstić information content (AvgIpc) is 2.68. The number of rotatable bonds is 9. The summed E-state index contributed by atoms with van der Waals surface area (Å²) in [5.74, 6) is -2.14. The minimum Gasteiger partial charge on any atom is -0.469 e. The highest BCUT2D eigenvalue weighted by molar-refractivity contribution is 5.77. The van der Waals surface area contributed by atoms with Crippen molar-refractivity contribution in [3.05, 3.63) is 11.6 Å². The standard InChI is InChI=1S/C9H13NO4.C9H11NO4/c2*1-13-8(11)5-7(3-4-10)6-9(12)14-2/h7H,3,5-6H2,1-2H3;3H,5-6H2,1-2H3. The summed E-state index contributed by atoms with van der Waals surface area (Å²) in [4.78, 5) is 43.5. The summed E-state index contributed by atoms with van der Waals surface area (Å²) >= 11 is 0. The maximum absolute atomic E-state index is 10.9. The summed E-state index contributed by atoms with van der Waals surface area (Å²) in [5.41, 5.74) is 0.381. The van der Waals surface area contributed by atoms with Crippen molar-refractivity contribution in [1.29, 1.82) is 10.5 Å². The highest BCUT2D eigenvalue weighted by Gasteiger charge is 2.18. The molecule has 0 radical (unpaired) electrons. The third kappa shape index (κ3) is 14.9. The summed E-state index contributed by atoms with van der Waals surface area (Å²) in [7, 11) is 5.02. The molecule has 10 nitrogen and oxygen atoms in total. The van der Waals surface area contributed by atoms with E-state index in [9.17, 15) is 19.2 Å². The van der Waals surface area contributed by atoms with Gasteiger partial charge in [0, 0.05) is 25.3 Å². The van der Waals surface area contributed by atoms with Gasteiger partial charge in [-0.25, -0.2) is 0 Å². The number of carbonyl (C=O) groups is 4. The van der Waals surface area contributed by atoms with Gasteiger partial charge in [-0.1, -0.05) is 0 Å². The number of methoxy groups -OCH3 is 4. The molecule has 0 aliphatic carbocycles. The summed E-state index contributed by atoms with van der Waals surface area (Å²) in [6.07, 6.45) is 1.29. The Morgan fingerprint density at radius 2 is 1.18 bits per heavy atom. The Kier molecular flexibility index (Phi) is 16.3.